The van der Waals surface area contributed by atoms with Crippen LogP contribution >= 0.6 is 0 Å². The first kappa shape index (κ1) is 14.2. The molecule has 0 bridgehead atoms. The third kappa shape index (κ3) is 2.75. The zero-order valence-electron chi connectivity index (χ0n) is 12.5. The van der Waals surface area contributed by atoms with Gasteiger partial charge in [-0.25, -0.2) is 4.39 Å². The van der Waals surface area contributed by atoms with Crippen molar-refractivity contribution in [1.29, 1.82) is 0 Å². The molecule has 2 saturated carbocycles. The summed E-state index contributed by atoms with van der Waals surface area (Å²) in [7, 11) is 0. The summed E-state index contributed by atoms with van der Waals surface area (Å²) in [6.07, 6.45) is 4.12. The van der Waals surface area contributed by atoms with Crippen LogP contribution in [-0.2, 0) is 4.79 Å². The number of rotatable bonds is 3. The van der Waals surface area contributed by atoms with E-state index in [1.165, 1.54) is 12.1 Å². The van der Waals surface area contributed by atoms with Gasteiger partial charge in [0.25, 0.3) is 0 Å². The average molecular weight is 303 g/mol. The van der Waals surface area contributed by atoms with Crippen LogP contribution in [0, 0.1) is 17.7 Å². The molecule has 3 fully saturated rings. The van der Waals surface area contributed by atoms with E-state index < -0.39 is 0 Å². The molecule has 1 aromatic rings. The molecule has 5 heteroatoms. The third-order valence-corrected chi connectivity index (χ3v) is 5.41. The van der Waals surface area contributed by atoms with Gasteiger partial charge in [-0.1, -0.05) is 12.1 Å². The molecule has 1 aliphatic heterocycles. The highest BCUT2D eigenvalue weighted by Gasteiger charge is 2.45. The maximum atomic E-state index is 13.0. The number of amides is 1. The number of hydrogen-bond acceptors (Lipinski definition) is 3. The molecule has 2 aliphatic carbocycles. The standard InChI is InChI=1S/C17H22FN3O/c18-12-3-1-10(2-4-12)14-8-15(14)17(22)20-13-5-6-16-11(7-13)9-19-21-16/h1-4,11,13-16,19,21H,5-9H2,(H,20,22). The average Bonchev–Trinajstić information content (AvgIpc) is 3.18. The Morgan fingerprint density at radius 2 is 2.00 bits per heavy atom. The lowest BCUT2D eigenvalue weighted by Gasteiger charge is -2.31. The second-order valence-corrected chi connectivity index (χ2v) is 6.91. The second-order valence-electron chi connectivity index (χ2n) is 6.91. The van der Waals surface area contributed by atoms with Crippen LogP contribution in [0.4, 0.5) is 4.39 Å². The lowest BCUT2D eigenvalue weighted by Crippen LogP contribution is -2.44. The van der Waals surface area contributed by atoms with Gasteiger partial charge in [0, 0.05) is 24.5 Å². The van der Waals surface area contributed by atoms with E-state index in [9.17, 15) is 9.18 Å². The van der Waals surface area contributed by atoms with Gasteiger partial charge in [-0.05, 0) is 55.2 Å². The van der Waals surface area contributed by atoms with Crippen molar-refractivity contribution >= 4 is 5.91 Å². The minimum absolute atomic E-state index is 0.0722. The molecule has 118 valence electrons. The number of carbonyl (C=O) groups is 1. The monoisotopic (exact) mass is 303 g/mol. The predicted molar refractivity (Wildman–Crippen MR) is 81.4 cm³/mol. The smallest absolute Gasteiger partial charge is 0.223 e. The van der Waals surface area contributed by atoms with E-state index in [-0.39, 0.29) is 23.6 Å². The normalized spacial score (nSPS) is 36.7. The Morgan fingerprint density at radius 1 is 1.18 bits per heavy atom. The maximum absolute atomic E-state index is 13.0. The van der Waals surface area contributed by atoms with Crippen LogP contribution in [-0.4, -0.2) is 24.5 Å². The van der Waals surface area contributed by atoms with Gasteiger partial charge >= 0.3 is 0 Å². The Bertz CT molecular complexity index is 562. The van der Waals surface area contributed by atoms with Crippen LogP contribution in [0.1, 0.15) is 37.2 Å². The molecule has 4 rings (SSSR count). The van der Waals surface area contributed by atoms with Crippen molar-refractivity contribution in [3.8, 4) is 0 Å². The molecular weight excluding hydrogens is 281 g/mol. The number of nitrogens with one attached hydrogen (secondary N) is 3. The minimum Gasteiger partial charge on any atom is -0.353 e. The number of hydrazine groups is 1. The van der Waals surface area contributed by atoms with E-state index >= 15 is 0 Å². The number of halogens is 1. The summed E-state index contributed by atoms with van der Waals surface area (Å²) in [6, 6.07) is 7.43. The van der Waals surface area contributed by atoms with Gasteiger partial charge in [0.1, 0.15) is 5.82 Å². The Labute approximate surface area is 129 Å². The van der Waals surface area contributed by atoms with Crippen molar-refractivity contribution < 1.29 is 9.18 Å². The topological polar surface area (TPSA) is 53.2 Å². The molecule has 5 atom stereocenters. The summed E-state index contributed by atoms with van der Waals surface area (Å²) in [5.41, 5.74) is 7.60. The molecule has 1 saturated heterocycles. The number of carbonyl (C=O) groups excluding carboxylic acids is 1. The molecule has 3 N–H and O–H groups in total. The number of fused-ring (bicyclic) bond motifs is 1. The first-order valence-corrected chi connectivity index (χ1v) is 8.25. The Balaban J connectivity index is 1.31. The van der Waals surface area contributed by atoms with Crippen molar-refractivity contribution in [2.75, 3.05) is 6.54 Å². The second kappa shape index (κ2) is 5.63. The highest BCUT2D eigenvalue weighted by Crippen LogP contribution is 2.47. The fraction of sp³-hybridized carbons (Fsp3) is 0.588. The molecular formula is C17H22FN3O. The molecule has 1 heterocycles. The van der Waals surface area contributed by atoms with E-state index in [2.05, 4.69) is 16.2 Å². The zero-order valence-corrected chi connectivity index (χ0v) is 12.5. The van der Waals surface area contributed by atoms with Crippen LogP contribution < -0.4 is 16.2 Å². The van der Waals surface area contributed by atoms with Crippen LogP contribution in [0.5, 0.6) is 0 Å². The van der Waals surface area contributed by atoms with E-state index in [4.69, 9.17) is 0 Å². The highest BCUT2D eigenvalue weighted by molar-refractivity contribution is 5.83. The molecule has 5 unspecified atom stereocenters. The molecule has 22 heavy (non-hydrogen) atoms. The van der Waals surface area contributed by atoms with Crippen molar-refractivity contribution in [2.45, 2.75) is 43.7 Å². The predicted octanol–water partition coefficient (Wildman–Crippen LogP) is 1.69. The largest absolute Gasteiger partial charge is 0.353 e. The maximum Gasteiger partial charge on any atom is 0.223 e. The fourth-order valence-corrected chi connectivity index (χ4v) is 4.00. The molecule has 0 radical (unpaired) electrons. The van der Waals surface area contributed by atoms with Gasteiger partial charge in [0.2, 0.25) is 5.91 Å². The SMILES string of the molecule is O=C(NC1CCC2NNCC2C1)C1CC1c1ccc(F)cc1. The summed E-state index contributed by atoms with van der Waals surface area (Å²) in [5, 5.41) is 3.24. The summed E-state index contributed by atoms with van der Waals surface area (Å²) >= 11 is 0. The van der Waals surface area contributed by atoms with Crippen LogP contribution in [0.25, 0.3) is 0 Å². The summed E-state index contributed by atoms with van der Waals surface area (Å²) in [4.78, 5) is 12.4. The van der Waals surface area contributed by atoms with Gasteiger partial charge in [-0.3, -0.25) is 15.6 Å². The van der Waals surface area contributed by atoms with E-state index in [0.29, 0.717) is 18.0 Å². The first-order chi connectivity index (χ1) is 10.7. The third-order valence-electron chi connectivity index (χ3n) is 5.41. The van der Waals surface area contributed by atoms with Gasteiger partial charge in [0.05, 0.1) is 0 Å². The molecule has 1 amide bonds. The summed E-state index contributed by atoms with van der Waals surface area (Å²) < 4.78 is 13.0. The Hall–Kier alpha value is -1.46. The number of benzene rings is 1. The fourth-order valence-electron chi connectivity index (χ4n) is 4.00. The zero-order chi connectivity index (χ0) is 15.1. The van der Waals surface area contributed by atoms with Crippen molar-refractivity contribution in [2.24, 2.45) is 11.8 Å². The molecule has 3 aliphatic rings. The molecule has 4 nitrogen and oxygen atoms in total. The van der Waals surface area contributed by atoms with E-state index in [0.717, 1.165) is 37.8 Å². The van der Waals surface area contributed by atoms with Gasteiger partial charge < -0.3 is 5.32 Å². The van der Waals surface area contributed by atoms with Crippen molar-refractivity contribution in [3.63, 3.8) is 0 Å². The lowest BCUT2D eigenvalue weighted by molar-refractivity contribution is -0.123. The minimum atomic E-state index is -0.221. The van der Waals surface area contributed by atoms with Gasteiger partial charge in [-0.15, -0.1) is 0 Å². The van der Waals surface area contributed by atoms with Crippen LogP contribution in [0.3, 0.4) is 0 Å². The van der Waals surface area contributed by atoms with Gasteiger partial charge in [-0.2, -0.15) is 0 Å². The molecule has 0 aromatic heterocycles. The molecule has 1 aromatic carbocycles. The van der Waals surface area contributed by atoms with Crippen molar-refractivity contribution in [1.82, 2.24) is 16.2 Å². The first-order valence-electron chi connectivity index (χ1n) is 8.25. The Morgan fingerprint density at radius 3 is 2.82 bits per heavy atom. The summed E-state index contributed by atoms with van der Waals surface area (Å²) in [6.45, 7) is 0.999. The van der Waals surface area contributed by atoms with Crippen LogP contribution in [0.15, 0.2) is 24.3 Å². The number of hydrogen-bond donors (Lipinski definition) is 3. The van der Waals surface area contributed by atoms with Gasteiger partial charge in [0.15, 0.2) is 0 Å². The Kier molecular flexibility index (Phi) is 3.62. The van der Waals surface area contributed by atoms with Crippen molar-refractivity contribution in [3.05, 3.63) is 35.6 Å². The summed E-state index contributed by atoms with van der Waals surface area (Å²) in [5.74, 6) is 0.929. The van der Waals surface area contributed by atoms with E-state index in [1.807, 2.05) is 0 Å². The lowest BCUT2D eigenvalue weighted by atomic mass is 9.83. The quantitative estimate of drug-likeness (QED) is 0.796. The van der Waals surface area contributed by atoms with E-state index in [1.54, 1.807) is 12.1 Å². The van der Waals surface area contributed by atoms with Crippen LogP contribution in [0.2, 0.25) is 0 Å². The molecule has 0 spiro atoms. The highest BCUT2D eigenvalue weighted by atomic mass is 19.1.